The first kappa shape index (κ1) is 27.1. The Labute approximate surface area is 205 Å². The van der Waals surface area contributed by atoms with Crippen LogP contribution in [0, 0.1) is 11.8 Å². The number of carbonyl (C=O) groups is 1. The number of benzene rings is 1. The Morgan fingerprint density at radius 2 is 1.50 bits per heavy atom. The molecule has 0 aromatic heterocycles. The number of nitrogens with zero attached hydrogens (tertiary/aromatic N) is 2. The van der Waals surface area contributed by atoms with Gasteiger partial charge in [0.1, 0.15) is 0 Å². The van der Waals surface area contributed by atoms with Gasteiger partial charge in [-0.05, 0) is 87.7 Å². The Balaban J connectivity index is 1.26. The molecule has 0 aliphatic carbocycles. The second-order valence-electron chi connectivity index (χ2n) is 9.92. The molecule has 0 spiro atoms. The van der Waals surface area contributed by atoms with Crippen LogP contribution >= 0.6 is 0 Å². The minimum atomic E-state index is -3.15. The van der Waals surface area contributed by atoms with Gasteiger partial charge in [0.05, 0.1) is 11.2 Å². The molecule has 192 valence electrons. The molecule has 0 saturated carbocycles. The molecular weight excluding hydrogens is 474 g/mol. The lowest BCUT2D eigenvalue weighted by Crippen LogP contribution is -2.39. The summed E-state index contributed by atoms with van der Waals surface area (Å²) < 4.78 is 47.9. The minimum Gasteiger partial charge on any atom is -0.356 e. The monoisotopic (exact) mass is 513 g/mol. The molecule has 1 aromatic rings. The van der Waals surface area contributed by atoms with E-state index in [0.717, 1.165) is 58.2 Å². The summed E-state index contributed by atoms with van der Waals surface area (Å²) in [5, 5.41) is 3.03. The van der Waals surface area contributed by atoms with Crippen LogP contribution in [-0.4, -0.2) is 83.7 Å². The Bertz CT molecular complexity index is 1010. The van der Waals surface area contributed by atoms with Crippen LogP contribution in [-0.2, 0) is 31.1 Å². The fourth-order valence-electron chi connectivity index (χ4n) is 4.93. The molecule has 10 heteroatoms. The quantitative estimate of drug-likeness (QED) is 0.480. The smallest absolute Gasteiger partial charge is 0.220 e. The molecule has 2 aliphatic rings. The minimum absolute atomic E-state index is 0.0680. The summed E-state index contributed by atoms with van der Waals surface area (Å²) in [7, 11) is -6.27. The topological polar surface area (TPSA) is 104 Å². The zero-order chi connectivity index (χ0) is 24.8. The van der Waals surface area contributed by atoms with E-state index in [1.54, 1.807) is 12.1 Å². The maximum Gasteiger partial charge on any atom is 0.220 e. The van der Waals surface area contributed by atoms with Gasteiger partial charge in [0, 0.05) is 32.3 Å². The van der Waals surface area contributed by atoms with Crippen molar-refractivity contribution in [3.05, 3.63) is 29.8 Å². The molecule has 2 saturated heterocycles. The van der Waals surface area contributed by atoms with Crippen molar-refractivity contribution in [2.24, 2.45) is 11.8 Å². The number of carbonyl (C=O) groups excluding carboxylic acids is 1. The predicted molar refractivity (Wildman–Crippen MR) is 134 cm³/mol. The number of rotatable bonds is 10. The summed E-state index contributed by atoms with van der Waals surface area (Å²) in [4.78, 5) is 15.1. The molecule has 34 heavy (non-hydrogen) atoms. The van der Waals surface area contributed by atoms with Gasteiger partial charge in [0.2, 0.25) is 15.9 Å². The van der Waals surface area contributed by atoms with Crippen LogP contribution in [0.5, 0.6) is 0 Å². The average molecular weight is 514 g/mol. The molecule has 0 atom stereocenters. The third-order valence-corrected chi connectivity index (χ3v) is 9.50. The van der Waals surface area contributed by atoms with E-state index in [0.29, 0.717) is 36.9 Å². The lowest BCUT2D eigenvalue weighted by Gasteiger charge is -2.32. The molecule has 3 rings (SSSR count). The van der Waals surface area contributed by atoms with Gasteiger partial charge in [-0.1, -0.05) is 12.1 Å². The molecule has 1 aromatic carbocycles. The van der Waals surface area contributed by atoms with Gasteiger partial charge in [-0.25, -0.2) is 21.1 Å². The summed E-state index contributed by atoms with van der Waals surface area (Å²) in [5.41, 5.74) is 1.19. The van der Waals surface area contributed by atoms with Crippen LogP contribution in [0.1, 0.15) is 44.1 Å². The fourth-order valence-corrected chi connectivity index (χ4v) is 6.43. The third-order valence-electron chi connectivity index (χ3n) is 7.07. The summed E-state index contributed by atoms with van der Waals surface area (Å²) in [5.74, 6) is 0.951. The van der Waals surface area contributed by atoms with Gasteiger partial charge in [-0.2, -0.15) is 0 Å². The number of sulfonamides is 1. The van der Waals surface area contributed by atoms with Crippen LogP contribution in [0.3, 0.4) is 0 Å². The molecule has 1 N–H and O–H groups in total. The number of hydrogen-bond acceptors (Lipinski definition) is 6. The number of hydrogen-bond donors (Lipinski definition) is 1. The Kier molecular flexibility index (Phi) is 9.54. The van der Waals surface area contributed by atoms with E-state index in [1.807, 2.05) is 12.1 Å². The van der Waals surface area contributed by atoms with E-state index in [9.17, 15) is 21.6 Å². The summed E-state index contributed by atoms with van der Waals surface area (Å²) >= 11 is 0. The van der Waals surface area contributed by atoms with Crippen LogP contribution in [0.2, 0.25) is 0 Å². The van der Waals surface area contributed by atoms with E-state index < -0.39 is 19.9 Å². The molecular formula is C24H39N3O5S2. The zero-order valence-electron chi connectivity index (χ0n) is 20.4. The second kappa shape index (κ2) is 12.0. The molecule has 2 heterocycles. The van der Waals surface area contributed by atoms with Crippen molar-refractivity contribution >= 4 is 25.8 Å². The molecule has 0 unspecified atom stereocenters. The van der Waals surface area contributed by atoms with E-state index in [4.69, 9.17) is 0 Å². The molecule has 0 radical (unpaired) electrons. The van der Waals surface area contributed by atoms with Crippen molar-refractivity contribution in [3.8, 4) is 0 Å². The summed E-state index contributed by atoms with van der Waals surface area (Å²) in [6, 6.07) is 7.26. The number of nitrogens with one attached hydrogen (secondary N) is 1. The Morgan fingerprint density at radius 1 is 0.912 bits per heavy atom. The second-order valence-corrected chi connectivity index (χ2v) is 13.9. The van der Waals surface area contributed by atoms with Crippen molar-refractivity contribution in [3.63, 3.8) is 0 Å². The van der Waals surface area contributed by atoms with E-state index in [-0.39, 0.29) is 11.8 Å². The van der Waals surface area contributed by atoms with Gasteiger partial charge in [-0.3, -0.25) is 4.79 Å². The third kappa shape index (κ3) is 8.62. The Hall–Kier alpha value is -1.49. The Morgan fingerprint density at radius 3 is 2.06 bits per heavy atom. The van der Waals surface area contributed by atoms with Crippen LogP contribution < -0.4 is 5.32 Å². The maximum atomic E-state index is 12.2. The highest BCUT2D eigenvalue weighted by atomic mass is 32.2. The fraction of sp³-hybridized carbons (Fsp3) is 0.708. The van der Waals surface area contributed by atoms with E-state index >= 15 is 0 Å². The van der Waals surface area contributed by atoms with Crippen molar-refractivity contribution in [2.45, 2.75) is 49.8 Å². The van der Waals surface area contributed by atoms with Crippen LogP contribution in [0.15, 0.2) is 29.2 Å². The molecule has 2 fully saturated rings. The van der Waals surface area contributed by atoms with Crippen LogP contribution in [0.4, 0.5) is 0 Å². The zero-order valence-corrected chi connectivity index (χ0v) is 22.0. The highest BCUT2D eigenvalue weighted by Crippen LogP contribution is 2.23. The van der Waals surface area contributed by atoms with Gasteiger partial charge in [-0.15, -0.1) is 0 Å². The van der Waals surface area contributed by atoms with Crippen LogP contribution in [0.25, 0.3) is 0 Å². The maximum absolute atomic E-state index is 12.2. The number of sulfone groups is 1. The summed E-state index contributed by atoms with van der Waals surface area (Å²) in [6.45, 7) is 4.78. The van der Waals surface area contributed by atoms with Crippen molar-refractivity contribution < 1.29 is 21.6 Å². The van der Waals surface area contributed by atoms with E-state index in [2.05, 4.69) is 10.2 Å². The standard InChI is InChI=1S/C24H39N3O5S2/c1-33(29,30)23-6-4-20(5-7-23)18-21-8-14-26(15-9-21)13-3-12-25-24(28)19-22-10-16-27(17-11-22)34(2,31)32/h4-7,21-22H,3,8-19H2,1-2H3,(H,25,28). The van der Waals surface area contributed by atoms with Gasteiger partial charge < -0.3 is 10.2 Å². The van der Waals surface area contributed by atoms with Crippen molar-refractivity contribution in [2.75, 3.05) is 51.8 Å². The lowest BCUT2D eigenvalue weighted by atomic mass is 9.90. The average Bonchev–Trinajstić information content (AvgIpc) is 2.77. The van der Waals surface area contributed by atoms with Crippen molar-refractivity contribution in [1.82, 2.24) is 14.5 Å². The first-order chi connectivity index (χ1) is 16.0. The van der Waals surface area contributed by atoms with Gasteiger partial charge in [0.15, 0.2) is 9.84 Å². The van der Waals surface area contributed by atoms with Gasteiger partial charge in [0.25, 0.3) is 0 Å². The van der Waals surface area contributed by atoms with Crippen molar-refractivity contribution in [1.29, 1.82) is 0 Å². The number of piperidine rings is 2. The summed E-state index contributed by atoms with van der Waals surface area (Å²) in [6.07, 6.45) is 8.62. The highest BCUT2D eigenvalue weighted by molar-refractivity contribution is 7.90. The highest BCUT2D eigenvalue weighted by Gasteiger charge is 2.26. The first-order valence-electron chi connectivity index (χ1n) is 12.2. The molecule has 2 aliphatic heterocycles. The number of likely N-dealkylation sites (tertiary alicyclic amines) is 1. The first-order valence-corrected chi connectivity index (χ1v) is 16.0. The molecule has 0 bridgehead atoms. The SMILES string of the molecule is CS(=O)(=O)c1ccc(CC2CCN(CCCNC(=O)CC3CCN(S(C)(=O)=O)CC3)CC2)cc1. The molecule has 1 amide bonds. The van der Waals surface area contributed by atoms with Gasteiger partial charge >= 0.3 is 0 Å². The number of amides is 1. The predicted octanol–water partition coefficient (Wildman–Crippen LogP) is 1.91. The molecule has 8 nitrogen and oxygen atoms in total. The lowest BCUT2D eigenvalue weighted by molar-refractivity contribution is -0.122. The largest absolute Gasteiger partial charge is 0.356 e. The normalized spacial score (nSPS) is 19.8. The van der Waals surface area contributed by atoms with E-state index in [1.165, 1.54) is 22.4 Å².